The summed E-state index contributed by atoms with van der Waals surface area (Å²) in [5.74, 6) is -0.643. The third kappa shape index (κ3) is 3.33. The molecule has 8 heteroatoms. The van der Waals surface area contributed by atoms with Crippen molar-refractivity contribution in [3.05, 3.63) is 65.5 Å². The van der Waals surface area contributed by atoms with Crippen molar-refractivity contribution in [2.75, 3.05) is 6.54 Å². The number of rotatable bonds is 4. The van der Waals surface area contributed by atoms with E-state index in [1.807, 2.05) is 17.0 Å². The summed E-state index contributed by atoms with van der Waals surface area (Å²) in [4.78, 5) is 27.5. The highest BCUT2D eigenvalue weighted by Crippen LogP contribution is 2.43. The molecule has 31 heavy (non-hydrogen) atoms. The summed E-state index contributed by atoms with van der Waals surface area (Å²) in [5.41, 5.74) is 1.26. The molecule has 0 spiro atoms. The number of carbonyl (C=O) groups excluding carboxylic acids is 2. The Morgan fingerprint density at radius 1 is 1.00 bits per heavy atom. The summed E-state index contributed by atoms with van der Waals surface area (Å²) in [6.45, 7) is -0.147. The monoisotopic (exact) mass is 442 g/mol. The second-order valence-corrected chi connectivity index (χ2v) is 10.4. The first kappa shape index (κ1) is 20.2. The van der Waals surface area contributed by atoms with Crippen LogP contribution in [0.5, 0.6) is 0 Å². The summed E-state index contributed by atoms with van der Waals surface area (Å²) in [5, 5.41) is 0. The molecule has 0 N–H and O–H groups in total. The quantitative estimate of drug-likeness (QED) is 0.728. The Kier molecular flexibility index (Phi) is 4.84. The van der Waals surface area contributed by atoms with Gasteiger partial charge in [0.05, 0.1) is 5.56 Å². The van der Waals surface area contributed by atoms with Crippen LogP contribution in [0.3, 0.4) is 0 Å². The van der Waals surface area contributed by atoms with E-state index < -0.39 is 15.9 Å². The lowest BCUT2D eigenvalue weighted by Gasteiger charge is -2.39. The largest absolute Gasteiger partial charge is 0.337 e. The molecule has 3 aliphatic heterocycles. The zero-order chi connectivity index (χ0) is 21.8. The molecule has 2 saturated heterocycles. The second kappa shape index (κ2) is 7.44. The number of amides is 2. The van der Waals surface area contributed by atoms with Crippen molar-refractivity contribution in [1.82, 2.24) is 9.21 Å². The fourth-order valence-electron chi connectivity index (χ4n) is 5.37. The van der Waals surface area contributed by atoms with Crippen molar-refractivity contribution in [2.24, 2.45) is 0 Å². The van der Waals surface area contributed by atoms with Crippen LogP contribution in [0, 0.1) is 5.82 Å². The zero-order valence-corrected chi connectivity index (χ0v) is 17.7. The molecule has 0 saturated carbocycles. The van der Waals surface area contributed by atoms with Crippen LogP contribution in [-0.2, 0) is 14.8 Å². The maximum absolute atomic E-state index is 13.2. The maximum atomic E-state index is 13.2. The number of fused-ring (bicyclic) bond motifs is 3. The predicted molar refractivity (Wildman–Crippen MR) is 111 cm³/mol. The van der Waals surface area contributed by atoms with Gasteiger partial charge in [-0.15, -0.1) is 0 Å². The minimum absolute atomic E-state index is 0.00707. The molecule has 6 nitrogen and oxygen atoms in total. The first-order valence-corrected chi connectivity index (χ1v) is 12.0. The van der Waals surface area contributed by atoms with Crippen LogP contribution in [0.15, 0.2) is 53.4 Å². The fraction of sp³-hybridized carbons (Fsp3) is 0.391. The minimum atomic E-state index is -3.90. The Bertz CT molecular complexity index is 1130. The molecule has 3 heterocycles. The molecule has 3 aliphatic rings. The van der Waals surface area contributed by atoms with Crippen LogP contribution >= 0.6 is 0 Å². The first-order chi connectivity index (χ1) is 14.9. The van der Waals surface area contributed by atoms with Gasteiger partial charge in [-0.3, -0.25) is 9.59 Å². The van der Waals surface area contributed by atoms with Gasteiger partial charge in [0.1, 0.15) is 10.7 Å². The molecule has 3 atom stereocenters. The second-order valence-electron chi connectivity index (χ2n) is 8.53. The number of hydrogen-bond donors (Lipinski definition) is 0. The van der Waals surface area contributed by atoms with Crippen LogP contribution in [0.2, 0.25) is 0 Å². The van der Waals surface area contributed by atoms with E-state index in [1.165, 1.54) is 24.3 Å². The van der Waals surface area contributed by atoms with E-state index in [-0.39, 0.29) is 53.2 Å². The highest BCUT2D eigenvalue weighted by molar-refractivity contribution is 7.90. The van der Waals surface area contributed by atoms with Gasteiger partial charge in [-0.1, -0.05) is 24.3 Å². The number of sulfonamides is 1. The Balaban J connectivity index is 1.26. The lowest BCUT2D eigenvalue weighted by molar-refractivity contribution is -0.135. The highest BCUT2D eigenvalue weighted by Gasteiger charge is 2.45. The van der Waals surface area contributed by atoms with Gasteiger partial charge in [0, 0.05) is 25.0 Å². The highest BCUT2D eigenvalue weighted by atomic mass is 32.2. The lowest BCUT2D eigenvalue weighted by Crippen LogP contribution is -2.47. The normalized spacial score (nSPS) is 26.2. The van der Waals surface area contributed by atoms with E-state index in [0.29, 0.717) is 0 Å². The molecule has 0 aliphatic carbocycles. The van der Waals surface area contributed by atoms with Crippen LogP contribution in [-0.4, -0.2) is 48.1 Å². The Morgan fingerprint density at radius 3 is 2.29 bits per heavy atom. The molecule has 2 amide bonds. The molecule has 2 aromatic rings. The van der Waals surface area contributed by atoms with E-state index in [1.54, 1.807) is 12.1 Å². The topological polar surface area (TPSA) is 74.8 Å². The lowest BCUT2D eigenvalue weighted by atomic mass is 9.85. The smallest absolute Gasteiger partial charge is 0.269 e. The van der Waals surface area contributed by atoms with Crippen LogP contribution in [0.25, 0.3) is 0 Å². The van der Waals surface area contributed by atoms with E-state index in [2.05, 4.69) is 0 Å². The van der Waals surface area contributed by atoms with Gasteiger partial charge >= 0.3 is 0 Å². The van der Waals surface area contributed by atoms with E-state index in [0.717, 1.165) is 35.6 Å². The molecule has 2 aromatic carbocycles. The van der Waals surface area contributed by atoms with Gasteiger partial charge in [-0.2, -0.15) is 0 Å². The summed E-state index contributed by atoms with van der Waals surface area (Å²) in [6.07, 6.45) is 3.45. The van der Waals surface area contributed by atoms with Crippen molar-refractivity contribution in [2.45, 2.75) is 55.0 Å². The van der Waals surface area contributed by atoms with Gasteiger partial charge in [0.15, 0.2) is 0 Å². The number of carbonyl (C=O) groups is 2. The zero-order valence-electron chi connectivity index (χ0n) is 16.9. The molecular weight excluding hydrogens is 419 g/mol. The van der Waals surface area contributed by atoms with Gasteiger partial charge in [0.25, 0.3) is 15.9 Å². The van der Waals surface area contributed by atoms with Gasteiger partial charge in [0.2, 0.25) is 5.91 Å². The van der Waals surface area contributed by atoms with Crippen LogP contribution in [0.1, 0.15) is 53.9 Å². The molecule has 5 rings (SSSR count). The average Bonchev–Trinajstić information content (AvgIpc) is 3.13. The molecular formula is C23H23FN2O4S. The summed E-state index contributed by atoms with van der Waals surface area (Å²) < 4.78 is 39.5. The fourth-order valence-corrected chi connectivity index (χ4v) is 6.94. The standard InChI is InChI=1S/C23H23FN2O4S/c24-17-7-5-15(6-8-17)16-13-18-9-10-19(14-16)26(18)22(27)11-12-25-23(28)20-3-1-2-4-21(20)31(25,29)30/h1-8,16,18-19H,9-14H2/t16?,18-,19+. The third-order valence-electron chi connectivity index (χ3n) is 6.80. The van der Waals surface area contributed by atoms with Crippen molar-refractivity contribution in [3.63, 3.8) is 0 Å². The summed E-state index contributed by atoms with van der Waals surface area (Å²) >= 11 is 0. The third-order valence-corrected chi connectivity index (χ3v) is 8.64. The van der Waals surface area contributed by atoms with Crippen molar-refractivity contribution < 1.29 is 22.4 Å². The van der Waals surface area contributed by atoms with Gasteiger partial charge < -0.3 is 4.90 Å². The number of nitrogens with zero attached hydrogens (tertiary/aromatic N) is 2. The van der Waals surface area contributed by atoms with Crippen LogP contribution < -0.4 is 0 Å². The Hall–Kier alpha value is -2.74. The minimum Gasteiger partial charge on any atom is -0.337 e. The molecule has 2 bridgehead atoms. The van der Waals surface area contributed by atoms with Gasteiger partial charge in [-0.05, 0) is 61.4 Å². The molecule has 2 fully saturated rings. The number of benzene rings is 2. The molecule has 1 unspecified atom stereocenters. The molecule has 0 aromatic heterocycles. The predicted octanol–water partition coefficient (Wildman–Crippen LogP) is 3.30. The molecule has 0 radical (unpaired) electrons. The van der Waals surface area contributed by atoms with Crippen molar-refractivity contribution >= 4 is 21.8 Å². The SMILES string of the molecule is O=C(CCN1C(=O)c2ccccc2S1(=O)=O)N1[C@@H]2CC[C@H]1CC(c1ccc(F)cc1)C2. The van der Waals surface area contributed by atoms with Crippen molar-refractivity contribution in [1.29, 1.82) is 0 Å². The van der Waals surface area contributed by atoms with E-state index in [9.17, 15) is 22.4 Å². The van der Waals surface area contributed by atoms with E-state index >= 15 is 0 Å². The van der Waals surface area contributed by atoms with Crippen LogP contribution in [0.4, 0.5) is 4.39 Å². The Labute approximate surface area is 180 Å². The van der Waals surface area contributed by atoms with Crippen molar-refractivity contribution in [3.8, 4) is 0 Å². The number of piperidine rings is 1. The number of hydrogen-bond acceptors (Lipinski definition) is 4. The van der Waals surface area contributed by atoms with Gasteiger partial charge in [-0.25, -0.2) is 17.1 Å². The van der Waals surface area contributed by atoms with E-state index in [4.69, 9.17) is 0 Å². The number of halogens is 1. The summed E-state index contributed by atoms with van der Waals surface area (Å²) in [6, 6.07) is 12.9. The first-order valence-electron chi connectivity index (χ1n) is 10.6. The molecule has 162 valence electrons. The summed E-state index contributed by atoms with van der Waals surface area (Å²) in [7, 11) is -3.90. The Morgan fingerprint density at radius 2 is 1.65 bits per heavy atom. The average molecular weight is 443 g/mol. The maximum Gasteiger partial charge on any atom is 0.269 e.